The van der Waals surface area contributed by atoms with Gasteiger partial charge in [-0.3, -0.25) is 4.98 Å². The Balaban J connectivity index is 2.32. The van der Waals surface area contributed by atoms with Crippen LogP contribution in [0.4, 0.5) is 26.3 Å². The monoisotopic (exact) mass is 255 g/mol. The summed E-state index contributed by atoms with van der Waals surface area (Å²) in [6.45, 7) is 0. The van der Waals surface area contributed by atoms with Crippen LogP contribution < -0.4 is 0 Å². The first-order chi connectivity index (χ1) is 7.67. The topological polar surface area (TPSA) is 37.6 Å². The molecule has 0 amide bonds. The predicted molar refractivity (Wildman–Crippen MR) is 41.8 cm³/mol. The van der Waals surface area contributed by atoms with Crippen LogP contribution in [-0.2, 0) is 11.8 Å². The Hall–Kier alpha value is -1.67. The molecule has 1 aromatic rings. The predicted octanol–water partition coefficient (Wildman–Crippen LogP) is 3.28. The Bertz CT molecular complexity index is 452. The SMILES string of the molecule is FC(F)(F)c1ccc(C2(C(F)(F)F)N=N2)nc1. The highest BCUT2D eigenvalue weighted by Gasteiger charge is 2.66. The Morgan fingerprint density at radius 3 is 1.82 bits per heavy atom. The lowest BCUT2D eigenvalue weighted by atomic mass is 10.1. The van der Waals surface area contributed by atoms with Gasteiger partial charge in [0.1, 0.15) is 5.69 Å². The van der Waals surface area contributed by atoms with E-state index in [1.807, 2.05) is 0 Å². The summed E-state index contributed by atoms with van der Waals surface area (Å²) in [4.78, 5) is 3.12. The third-order valence-electron chi connectivity index (χ3n) is 2.14. The highest BCUT2D eigenvalue weighted by atomic mass is 19.4. The van der Waals surface area contributed by atoms with Gasteiger partial charge in [0.05, 0.1) is 5.56 Å². The van der Waals surface area contributed by atoms with E-state index in [2.05, 4.69) is 15.2 Å². The van der Waals surface area contributed by atoms with E-state index in [0.29, 0.717) is 18.3 Å². The fourth-order valence-corrected chi connectivity index (χ4v) is 1.18. The molecule has 92 valence electrons. The summed E-state index contributed by atoms with van der Waals surface area (Å²) < 4.78 is 73.9. The fourth-order valence-electron chi connectivity index (χ4n) is 1.18. The molecule has 17 heavy (non-hydrogen) atoms. The second-order valence-corrected chi connectivity index (χ2v) is 3.30. The van der Waals surface area contributed by atoms with E-state index in [0.717, 1.165) is 0 Å². The summed E-state index contributed by atoms with van der Waals surface area (Å²) in [7, 11) is 0. The molecular weight excluding hydrogens is 252 g/mol. The molecule has 1 aliphatic rings. The lowest BCUT2D eigenvalue weighted by Gasteiger charge is -2.14. The molecule has 9 heteroatoms. The van der Waals surface area contributed by atoms with Crippen molar-refractivity contribution in [1.29, 1.82) is 0 Å². The van der Waals surface area contributed by atoms with Crippen molar-refractivity contribution in [2.45, 2.75) is 18.0 Å². The molecule has 1 aromatic heterocycles. The second-order valence-electron chi connectivity index (χ2n) is 3.30. The van der Waals surface area contributed by atoms with Crippen LogP contribution in [0.25, 0.3) is 0 Å². The fraction of sp³-hybridized carbons (Fsp3) is 0.375. The lowest BCUT2D eigenvalue weighted by molar-refractivity contribution is -0.167. The molecule has 0 spiro atoms. The first kappa shape index (κ1) is 11.8. The molecule has 0 aromatic carbocycles. The summed E-state index contributed by atoms with van der Waals surface area (Å²) >= 11 is 0. The van der Waals surface area contributed by atoms with E-state index < -0.39 is 29.3 Å². The van der Waals surface area contributed by atoms with Crippen LogP contribution in [0.1, 0.15) is 11.3 Å². The maximum Gasteiger partial charge on any atom is 0.443 e. The van der Waals surface area contributed by atoms with Crippen molar-refractivity contribution in [2.24, 2.45) is 10.2 Å². The number of halogens is 6. The zero-order valence-electron chi connectivity index (χ0n) is 7.84. The van der Waals surface area contributed by atoms with Crippen LogP contribution in [0.2, 0.25) is 0 Å². The van der Waals surface area contributed by atoms with Gasteiger partial charge in [0, 0.05) is 6.20 Å². The van der Waals surface area contributed by atoms with Gasteiger partial charge in [0.2, 0.25) is 0 Å². The smallest absolute Gasteiger partial charge is 0.256 e. The van der Waals surface area contributed by atoms with Crippen molar-refractivity contribution in [3.63, 3.8) is 0 Å². The minimum atomic E-state index is -4.79. The molecule has 0 N–H and O–H groups in total. The summed E-state index contributed by atoms with van der Waals surface area (Å²) in [5.41, 5.74) is -4.57. The number of hydrogen-bond donors (Lipinski definition) is 0. The second kappa shape index (κ2) is 3.17. The molecule has 0 unspecified atom stereocenters. The molecule has 0 saturated carbocycles. The molecule has 0 fully saturated rings. The first-order valence-corrected chi connectivity index (χ1v) is 4.21. The van der Waals surface area contributed by atoms with Crippen molar-refractivity contribution in [1.82, 2.24) is 4.98 Å². The first-order valence-electron chi connectivity index (χ1n) is 4.21. The Morgan fingerprint density at radius 2 is 1.53 bits per heavy atom. The minimum Gasteiger partial charge on any atom is -0.256 e. The highest BCUT2D eigenvalue weighted by Crippen LogP contribution is 2.51. The third-order valence-corrected chi connectivity index (χ3v) is 2.14. The summed E-state index contributed by atoms with van der Waals surface area (Å²) in [5.74, 6) is 0. The van der Waals surface area contributed by atoms with Gasteiger partial charge < -0.3 is 0 Å². The Labute approximate surface area is 90.2 Å². The van der Waals surface area contributed by atoms with Crippen molar-refractivity contribution >= 4 is 0 Å². The molecule has 0 radical (unpaired) electrons. The van der Waals surface area contributed by atoms with Crippen molar-refractivity contribution in [3.05, 3.63) is 29.6 Å². The summed E-state index contributed by atoms with van der Waals surface area (Å²) in [6, 6.07) is 1.13. The van der Waals surface area contributed by atoms with Crippen LogP contribution >= 0.6 is 0 Å². The molecular formula is C8H3F6N3. The zero-order chi connectivity index (χ0) is 12.9. The average molecular weight is 255 g/mol. The van der Waals surface area contributed by atoms with Gasteiger partial charge in [-0.2, -0.15) is 26.3 Å². The van der Waals surface area contributed by atoms with E-state index in [1.165, 1.54) is 0 Å². The highest BCUT2D eigenvalue weighted by molar-refractivity contribution is 5.26. The Morgan fingerprint density at radius 1 is 0.941 bits per heavy atom. The Kier molecular flexibility index (Phi) is 2.20. The molecule has 0 saturated heterocycles. The largest absolute Gasteiger partial charge is 0.443 e. The molecule has 1 aliphatic heterocycles. The lowest BCUT2D eigenvalue weighted by Crippen LogP contribution is -2.31. The van der Waals surface area contributed by atoms with E-state index in [-0.39, 0.29) is 0 Å². The van der Waals surface area contributed by atoms with Crippen LogP contribution in [0.5, 0.6) is 0 Å². The van der Waals surface area contributed by atoms with Gasteiger partial charge in [-0.15, -0.1) is 10.2 Å². The van der Waals surface area contributed by atoms with Crippen LogP contribution in [-0.4, -0.2) is 11.2 Å². The van der Waals surface area contributed by atoms with Gasteiger partial charge >= 0.3 is 18.0 Å². The third kappa shape index (κ3) is 1.85. The van der Waals surface area contributed by atoms with Crippen molar-refractivity contribution in [3.8, 4) is 0 Å². The van der Waals surface area contributed by atoms with E-state index >= 15 is 0 Å². The van der Waals surface area contributed by atoms with E-state index in [9.17, 15) is 26.3 Å². The van der Waals surface area contributed by atoms with Crippen molar-refractivity contribution in [2.75, 3.05) is 0 Å². The standard InChI is InChI=1S/C8H3F6N3/c9-7(10,11)4-1-2-5(15-3-4)6(16-17-6)8(12,13)14/h1-3H. The number of alkyl halides is 6. The molecule has 0 aliphatic carbocycles. The molecule has 0 bridgehead atoms. The van der Waals surface area contributed by atoms with Crippen molar-refractivity contribution < 1.29 is 26.3 Å². The normalized spacial score (nSPS) is 18.2. The maximum atomic E-state index is 12.5. The maximum absolute atomic E-state index is 12.5. The van der Waals surface area contributed by atoms with E-state index in [4.69, 9.17) is 0 Å². The quantitative estimate of drug-likeness (QED) is 0.709. The van der Waals surface area contributed by atoms with Gasteiger partial charge in [0.25, 0.3) is 0 Å². The number of aromatic nitrogens is 1. The summed E-state index contributed by atoms with van der Waals surface area (Å²) in [6.07, 6.45) is -9.11. The van der Waals surface area contributed by atoms with Crippen LogP contribution in [0.15, 0.2) is 28.6 Å². The number of nitrogens with zero attached hydrogens (tertiary/aromatic N) is 3. The average Bonchev–Trinajstić information content (AvgIpc) is 2.96. The van der Waals surface area contributed by atoms with Gasteiger partial charge in [-0.25, -0.2) is 0 Å². The van der Waals surface area contributed by atoms with E-state index in [1.54, 1.807) is 0 Å². The number of rotatable bonds is 1. The summed E-state index contributed by atoms with van der Waals surface area (Å²) in [5, 5.41) is 5.65. The van der Waals surface area contributed by atoms with Gasteiger partial charge in [0.15, 0.2) is 0 Å². The van der Waals surface area contributed by atoms with Crippen LogP contribution in [0.3, 0.4) is 0 Å². The molecule has 3 nitrogen and oxygen atoms in total. The number of pyridine rings is 1. The van der Waals surface area contributed by atoms with Gasteiger partial charge in [-0.1, -0.05) is 0 Å². The minimum absolute atomic E-state index is 0.326. The zero-order valence-corrected chi connectivity index (χ0v) is 7.84. The van der Waals surface area contributed by atoms with Crippen LogP contribution in [0, 0.1) is 0 Å². The molecule has 0 atom stereocenters. The molecule has 2 rings (SSSR count). The molecule has 2 heterocycles. The van der Waals surface area contributed by atoms with Gasteiger partial charge in [-0.05, 0) is 12.1 Å². The number of hydrogen-bond acceptors (Lipinski definition) is 3.